The zero-order valence-electron chi connectivity index (χ0n) is 15.4. The van der Waals surface area contributed by atoms with Crippen LogP contribution in [0, 0.1) is 5.92 Å². The highest BCUT2D eigenvalue weighted by atomic mass is 32.2. The molecule has 1 fully saturated rings. The van der Waals surface area contributed by atoms with Crippen LogP contribution in [0.3, 0.4) is 0 Å². The molecule has 0 bridgehead atoms. The lowest BCUT2D eigenvalue weighted by molar-refractivity contribution is -0.156. The Morgan fingerprint density at radius 3 is 2.70 bits per heavy atom. The van der Waals surface area contributed by atoms with Crippen LogP contribution in [0.4, 0.5) is 4.79 Å². The Morgan fingerprint density at radius 1 is 1.37 bits per heavy atom. The summed E-state index contributed by atoms with van der Waals surface area (Å²) in [6, 6.07) is 1.95. The second-order valence-electron chi connectivity index (χ2n) is 6.40. The molecule has 2 rings (SSSR count). The lowest BCUT2D eigenvalue weighted by Gasteiger charge is -2.25. The van der Waals surface area contributed by atoms with E-state index in [0.717, 1.165) is 0 Å². The van der Waals surface area contributed by atoms with E-state index in [9.17, 15) is 19.2 Å². The Bertz CT molecular complexity index is 691. The van der Waals surface area contributed by atoms with Crippen LogP contribution in [-0.2, 0) is 19.1 Å². The zero-order chi connectivity index (χ0) is 20.0. The van der Waals surface area contributed by atoms with Crippen LogP contribution in [0.15, 0.2) is 22.8 Å². The molecule has 1 aliphatic heterocycles. The van der Waals surface area contributed by atoms with Gasteiger partial charge in [-0.2, -0.15) is 0 Å². The molecule has 1 aliphatic rings. The van der Waals surface area contributed by atoms with Gasteiger partial charge in [0.15, 0.2) is 6.61 Å². The predicted octanol–water partition coefficient (Wildman–Crippen LogP) is 1.27. The average molecular weight is 397 g/mol. The van der Waals surface area contributed by atoms with E-state index in [1.807, 2.05) is 13.8 Å². The average Bonchev–Trinajstić information content (AvgIpc) is 3.26. The van der Waals surface area contributed by atoms with Gasteiger partial charge >= 0.3 is 12.0 Å². The number of urea groups is 1. The number of amides is 4. The molecule has 1 aromatic rings. The van der Waals surface area contributed by atoms with Gasteiger partial charge in [-0.3, -0.25) is 14.9 Å². The Hall–Kier alpha value is -2.49. The quantitative estimate of drug-likeness (QED) is 0.694. The lowest BCUT2D eigenvalue weighted by atomic mass is 10.2. The van der Waals surface area contributed by atoms with E-state index >= 15 is 0 Å². The van der Waals surface area contributed by atoms with Crippen molar-refractivity contribution in [1.29, 1.82) is 0 Å². The van der Waals surface area contributed by atoms with Gasteiger partial charge in [0.2, 0.25) is 5.91 Å². The second-order valence-corrected chi connectivity index (χ2v) is 7.52. The number of esters is 1. The first-order chi connectivity index (χ1) is 12.8. The molecule has 2 N–H and O–H groups in total. The molecule has 2 atom stereocenters. The summed E-state index contributed by atoms with van der Waals surface area (Å²) < 4.78 is 10.3. The van der Waals surface area contributed by atoms with E-state index in [1.165, 1.54) is 29.8 Å². The van der Waals surface area contributed by atoms with Crippen LogP contribution in [0.2, 0.25) is 0 Å². The lowest BCUT2D eigenvalue weighted by Crippen LogP contribution is -2.45. The number of imide groups is 1. The summed E-state index contributed by atoms with van der Waals surface area (Å²) in [5, 5.41) is 4.18. The SMILES string of the molecule is CC(=O)N1[C@@H](C(=O)OCC(=O)NC(=O)NCC(C)C)CS[C@H]1c1ccco1. The zero-order valence-corrected chi connectivity index (χ0v) is 16.2. The second kappa shape index (κ2) is 9.45. The first-order valence-corrected chi connectivity index (χ1v) is 9.52. The highest BCUT2D eigenvalue weighted by Gasteiger charge is 2.43. The predicted molar refractivity (Wildman–Crippen MR) is 97.6 cm³/mol. The first kappa shape index (κ1) is 20.8. The van der Waals surface area contributed by atoms with Crippen molar-refractivity contribution in [1.82, 2.24) is 15.5 Å². The largest absolute Gasteiger partial charge is 0.466 e. The van der Waals surface area contributed by atoms with E-state index in [-0.39, 0.29) is 11.8 Å². The number of nitrogens with zero attached hydrogens (tertiary/aromatic N) is 1. The summed E-state index contributed by atoms with van der Waals surface area (Å²) >= 11 is 1.37. The molecule has 0 aromatic carbocycles. The van der Waals surface area contributed by atoms with Crippen LogP contribution >= 0.6 is 11.8 Å². The maximum absolute atomic E-state index is 12.3. The maximum Gasteiger partial charge on any atom is 0.330 e. The van der Waals surface area contributed by atoms with Gasteiger partial charge in [-0.05, 0) is 18.1 Å². The van der Waals surface area contributed by atoms with E-state index in [1.54, 1.807) is 12.1 Å². The standard InChI is InChI=1S/C17H23N3O6S/c1-10(2)7-18-17(24)19-14(22)8-26-16(23)12-9-27-15(20(12)11(3)21)13-5-4-6-25-13/h4-6,10,12,15H,7-9H2,1-3H3,(H2,18,19,22,24)/t12-,15+/m1/s1. The summed E-state index contributed by atoms with van der Waals surface area (Å²) in [7, 11) is 0. The van der Waals surface area contributed by atoms with Crippen molar-refractivity contribution in [2.24, 2.45) is 5.92 Å². The number of carbonyl (C=O) groups excluding carboxylic acids is 4. The molecule has 4 amide bonds. The number of hydrogen-bond acceptors (Lipinski definition) is 7. The first-order valence-electron chi connectivity index (χ1n) is 8.47. The molecular formula is C17H23N3O6S. The fourth-order valence-electron chi connectivity index (χ4n) is 2.46. The summed E-state index contributed by atoms with van der Waals surface area (Å²) in [5.74, 6) is -0.633. The van der Waals surface area contributed by atoms with Crippen LogP contribution in [-0.4, -0.2) is 53.7 Å². The normalized spacial score (nSPS) is 19.0. The van der Waals surface area contributed by atoms with Crippen molar-refractivity contribution >= 4 is 35.6 Å². The van der Waals surface area contributed by atoms with Gasteiger partial charge < -0.3 is 19.4 Å². The number of carbonyl (C=O) groups is 4. The monoisotopic (exact) mass is 397 g/mol. The Balaban J connectivity index is 1.87. The minimum absolute atomic E-state index is 0.239. The topological polar surface area (TPSA) is 118 Å². The van der Waals surface area contributed by atoms with Crippen molar-refractivity contribution in [3.8, 4) is 0 Å². The molecule has 27 heavy (non-hydrogen) atoms. The fraction of sp³-hybridized carbons (Fsp3) is 0.529. The van der Waals surface area contributed by atoms with Gasteiger partial charge in [0.1, 0.15) is 17.2 Å². The molecule has 1 saturated heterocycles. The number of thioether (sulfide) groups is 1. The third-order valence-electron chi connectivity index (χ3n) is 3.69. The summed E-state index contributed by atoms with van der Waals surface area (Å²) in [6.07, 6.45) is 1.49. The third-order valence-corrected chi connectivity index (χ3v) is 4.98. The number of furan rings is 1. The van der Waals surface area contributed by atoms with Crippen LogP contribution in [0.5, 0.6) is 0 Å². The molecule has 1 aromatic heterocycles. The minimum atomic E-state index is -0.829. The molecule has 0 unspecified atom stereocenters. The fourth-order valence-corrected chi connectivity index (χ4v) is 3.88. The van der Waals surface area contributed by atoms with Crippen LogP contribution in [0.25, 0.3) is 0 Å². The minimum Gasteiger partial charge on any atom is -0.466 e. The van der Waals surface area contributed by atoms with Gasteiger partial charge in [-0.1, -0.05) is 13.8 Å². The molecule has 0 aliphatic carbocycles. The van der Waals surface area contributed by atoms with Gasteiger partial charge in [0, 0.05) is 19.2 Å². The summed E-state index contributed by atoms with van der Waals surface area (Å²) in [6.45, 7) is 5.00. The molecule has 148 valence electrons. The number of hydrogen-bond donors (Lipinski definition) is 2. The van der Waals surface area contributed by atoms with Crippen molar-refractivity contribution in [3.05, 3.63) is 24.2 Å². The van der Waals surface area contributed by atoms with Crippen molar-refractivity contribution in [2.75, 3.05) is 18.9 Å². The van der Waals surface area contributed by atoms with Crippen LogP contribution < -0.4 is 10.6 Å². The molecule has 9 nitrogen and oxygen atoms in total. The van der Waals surface area contributed by atoms with Gasteiger partial charge in [-0.15, -0.1) is 11.8 Å². The Morgan fingerprint density at radius 2 is 2.11 bits per heavy atom. The van der Waals surface area contributed by atoms with Crippen molar-refractivity contribution in [3.63, 3.8) is 0 Å². The molecular weight excluding hydrogens is 374 g/mol. The van der Waals surface area contributed by atoms with E-state index in [0.29, 0.717) is 18.1 Å². The molecule has 0 saturated carbocycles. The van der Waals surface area contributed by atoms with E-state index in [4.69, 9.17) is 9.15 Å². The molecule has 10 heteroatoms. The van der Waals surface area contributed by atoms with Crippen molar-refractivity contribution in [2.45, 2.75) is 32.2 Å². The van der Waals surface area contributed by atoms with Gasteiger partial charge in [0.25, 0.3) is 5.91 Å². The maximum atomic E-state index is 12.3. The van der Waals surface area contributed by atoms with E-state index < -0.39 is 35.9 Å². The highest BCUT2D eigenvalue weighted by molar-refractivity contribution is 7.99. The number of rotatable bonds is 6. The van der Waals surface area contributed by atoms with Gasteiger partial charge in [0.05, 0.1) is 6.26 Å². The summed E-state index contributed by atoms with van der Waals surface area (Å²) in [4.78, 5) is 49.0. The number of ether oxygens (including phenoxy) is 1. The summed E-state index contributed by atoms with van der Waals surface area (Å²) in [5.41, 5.74) is 0. The van der Waals surface area contributed by atoms with Crippen LogP contribution in [0.1, 0.15) is 31.9 Å². The molecule has 0 spiro atoms. The Kier molecular flexibility index (Phi) is 7.28. The van der Waals surface area contributed by atoms with Crippen molar-refractivity contribution < 1.29 is 28.3 Å². The molecule has 2 heterocycles. The Labute approximate surface area is 161 Å². The van der Waals surface area contributed by atoms with E-state index in [2.05, 4.69) is 10.6 Å². The number of nitrogens with one attached hydrogen (secondary N) is 2. The molecule has 0 radical (unpaired) electrons. The smallest absolute Gasteiger partial charge is 0.330 e. The third kappa shape index (κ3) is 5.75. The van der Waals surface area contributed by atoms with Gasteiger partial charge in [-0.25, -0.2) is 9.59 Å². The highest BCUT2D eigenvalue weighted by Crippen LogP contribution is 2.41.